The number of para-hydroxylation sites is 2. The molecule has 2 aliphatic heterocycles. The molecule has 16 nitrogen and oxygen atoms in total. The second kappa shape index (κ2) is 18.9. The quantitative estimate of drug-likeness (QED) is 0.0614. The molecule has 0 fully saturated rings. The van der Waals surface area contributed by atoms with Gasteiger partial charge >= 0.3 is 11.3 Å². The lowest BCUT2D eigenvalue weighted by atomic mass is 9.74. The van der Waals surface area contributed by atoms with Gasteiger partial charge in [0.15, 0.2) is 23.0 Å². The van der Waals surface area contributed by atoms with Crippen LogP contribution in [0.1, 0.15) is 89.2 Å². The number of amides is 2. The molecule has 4 aromatic carbocycles. The average molecular weight is 899 g/mol. The minimum Gasteiger partial charge on any atom is -0.454 e. The molecule has 16 heteroatoms. The Kier molecular flexibility index (Phi) is 13.3. The number of fused-ring (bicyclic) bond motifs is 4. The minimum absolute atomic E-state index is 0.0164. The van der Waals surface area contributed by atoms with E-state index >= 15 is 0 Å². The third-order valence-electron chi connectivity index (χ3n) is 11.4. The van der Waals surface area contributed by atoms with Gasteiger partial charge in [0.1, 0.15) is 0 Å². The molecule has 3 N–H and O–H groups in total. The van der Waals surface area contributed by atoms with Crippen molar-refractivity contribution in [1.29, 1.82) is 0 Å². The first kappa shape index (κ1) is 46.5. The SMILES string of the molecule is CCCCC#CC(O)(CC(C)(C)c1cccc2c1OCO2)C(=O)Nc1ccc2c(=O)onc(C)c2c1.Cc1noc(=O)c2ccc(NC(=O)C(=O)CC(C)(C)c3cccc4c3OCO4)cc12. The van der Waals surface area contributed by atoms with E-state index in [1.54, 1.807) is 50.2 Å². The highest BCUT2D eigenvalue weighted by molar-refractivity contribution is 6.40. The first-order chi connectivity index (χ1) is 31.4. The summed E-state index contributed by atoms with van der Waals surface area (Å²) in [5.41, 5.74) is -0.997. The molecule has 8 rings (SSSR count). The number of aliphatic hydroxyl groups is 1. The van der Waals surface area contributed by atoms with Crippen LogP contribution in [0.4, 0.5) is 11.4 Å². The lowest BCUT2D eigenvalue weighted by molar-refractivity contribution is -0.135. The number of anilines is 2. The third-order valence-corrected chi connectivity index (χ3v) is 11.4. The predicted octanol–water partition coefficient (Wildman–Crippen LogP) is 7.56. The Balaban J connectivity index is 0.000000199. The van der Waals surface area contributed by atoms with Crippen LogP contribution in [0.25, 0.3) is 21.5 Å². The number of ketones is 1. The standard InChI is InChI=1S/C28H30N2O6.C22H20N2O6/c1-5-6-7-8-14-28(33,16-27(3,4)22-10-9-11-23-24(22)35-17-34-23)26(32)29-19-12-13-20-21(15-19)18(2)30-36-25(20)31;1-12-15-9-13(7-8-14(15)21(27)30-24-12)23-20(26)17(25)10-22(2,3)16-5-4-6-18-19(16)29-11-28-18/h9-13,15,33H,5-7,16-17H2,1-4H3,(H,29,32);4-9H,10-11H2,1-3H3,(H,23,26). The number of unbranched alkanes of at least 4 members (excludes halogenated alkanes) is 2. The lowest BCUT2D eigenvalue weighted by Gasteiger charge is -2.33. The second-order valence-electron chi connectivity index (χ2n) is 17.4. The zero-order valence-electron chi connectivity index (χ0n) is 37.7. The van der Waals surface area contributed by atoms with Gasteiger partial charge in [0.2, 0.25) is 25.0 Å². The normalized spacial score (nSPS) is 13.5. The Morgan fingerprint density at radius 1 is 0.697 bits per heavy atom. The predicted molar refractivity (Wildman–Crippen MR) is 245 cm³/mol. The number of benzene rings is 4. The van der Waals surface area contributed by atoms with Crippen molar-refractivity contribution in [3.63, 3.8) is 0 Å². The van der Waals surface area contributed by atoms with Crippen molar-refractivity contribution in [1.82, 2.24) is 10.3 Å². The van der Waals surface area contributed by atoms with Crippen molar-refractivity contribution in [3.05, 3.63) is 116 Å². The number of nitrogens with zero attached hydrogens (tertiary/aromatic N) is 2. The molecule has 2 amide bonds. The molecule has 4 heterocycles. The zero-order chi connectivity index (χ0) is 47.4. The van der Waals surface area contributed by atoms with Crippen molar-refractivity contribution in [3.8, 4) is 34.8 Å². The van der Waals surface area contributed by atoms with Gasteiger partial charge in [-0.3, -0.25) is 14.4 Å². The highest BCUT2D eigenvalue weighted by Gasteiger charge is 2.43. The van der Waals surface area contributed by atoms with Gasteiger partial charge in [-0.25, -0.2) is 9.59 Å². The number of carbonyl (C=O) groups excluding carboxylic acids is 3. The fourth-order valence-corrected chi connectivity index (χ4v) is 7.94. The Morgan fingerprint density at radius 3 is 1.74 bits per heavy atom. The fraction of sp³-hybridized carbons (Fsp3) is 0.340. The number of rotatable bonds is 12. The van der Waals surface area contributed by atoms with Crippen LogP contribution in [-0.4, -0.2) is 52.2 Å². The molecule has 2 aliphatic rings. The summed E-state index contributed by atoms with van der Waals surface area (Å²) < 4.78 is 31.6. The van der Waals surface area contributed by atoms with Crippen LogP contribution in [0, 0.1) is 25.7 Å². The summed E-state index contributed by atoms with van der Waals surface area (Å²) in [6.07, 6.45) is 2.39. The first-order valence-electron chi connectivity index (χ1n) is 21.4. The first-order valence-corrected chi connectivity index (χ1v) is 21.4. The number of carbonyl (C=O) groups is 3. The van der Waals surface area contributed by atoms with Gasteiger partial charge in [0, 0.05) is 58.0 Å². The number of aryl methyl sites for hydroxylation is 2. The Bertz CT molecular complexity index is 3050. The van der Waals surface area contributed by atoms with Crippen molar-refractivity contribution in [2.45, 2.75) is 97.0 Å². The summed E-state index contributed by atoms with van der Waals surface area (Å²) in [6, 6.07) is 20.5. The minimum atomic E-state index is -1.99. The number of Topliss-reactive ketones (excluding diaryl/α,β-unsaturated/α-hetero) is 1. The number of hydrogen-bond donors (Lipinski definition) is 3. The van der Waals surface area contributed by atoms with Crippen LogP contribution < -0.4 is 40.8 Å². The smallest absolute Gasteiger partial charge is 0.366 e. The van der Waals surface area contributed by atoms with Crippen LogP contribution in [0.5, 0.6) is 23.0 Å². The fourth-order valence-electron chi connectivity index (χ4n) is 7.94. The van der Waals surface area contributed by atoms with E-state index in [0.717, 1.165) is 24.0 Å². The van der Waals surface area contributed by atoms with E-state index in [9.17, 15) is 29.1 Å². The Morgan fingerprint density at radius 2 is 1.21 bits per heavy atom. The molecule has 0 aliphatic carbocycles. The zero-order valence-corrected chi connectivity index (χ0v) is 37.7. The highest BCUT2D eigenvalue weighted by atomic mass is 16.7. The monoisotopic (exact) mass is 898 g/mol. The summed E-state index contributed by atoms with van der Waals surface area (Å²) in [5.74, 6) is 6.34. The summed E-state index contributed by atoms with van der Waals surface area (Å²) >= 11 is 0. The second-order valence-corrected chi connectivity index (χ2v) is 17.4. The summed E-state index contributed by atoms with van der Waals surface area (Å²) in [6.45, 7) is 13.3. The Labute approximate surface area is 379 Å². The lowest BCUT2D eigenvalue weighted by Crippen LogP contribution is -2.46. The number of nitrogens with one attached hydrogen (secondary N) is 2. The number of ether oxygens (including phenoxy) is 4. The number of hydrogen-bond acceptors (Lipinski definition) is 14. The van der Waals surface area contributed by atoms with Crippen LogP contribution in [0.3, 0.4) is 0 Å². The molecule has 342 valence electrons. The molecule has 0 bridgehead atoms. The van der Waals surface area contributed by atoms with Gasteiger partial charge in [-0.2, -0.15) is 0 Å². The Hall–Kier alpha value is -7.51. The van der Waals surface area contributed by atoms with Crippen molar-refractivity contribution >= 4 is 50.5 Å². The third kappa shape index (κ3) is 9.91. The van der Waals surface area contributed by atoms with E-state index in [1.165, 1.54) is 6.07 Å². The highest BCUT2D eigenvalue weighted by Crippen LogP contribution is 2.45. The molecule has 1 atom stereocenters. The van der Waals surface area contributed by atoms with Gasteiger partial charge in [-0.05, 0) is 74.2 Å². The topological polar surface area (TPSA) is 219 Å². The van der Waals surface area contributed by atoms with Crippen LogP contribution in [0.2, 0.25) is 0 Å². The maximum absolute atomic E-state index is 13.5. The maximum atomic E-state index is 13.5. The van der Waals surface area contributed by atoms with E-state index < -0.39 is 45.3 Å². The van der Waals surface area contributed by atoms with E-state index in [2.05, 4.69) is 39.7 Å². The van der Waals surface area contributed by atoms with Crippen molar-refractivity contribution < 1.29 is 47.5 Å². The van der Waals surface area contributed by atoms with E-state index in [4.69, 9.17) is 28.0 Å². The van der Waals surface area contributed by atoms with Crippen molar-refractivity contribution in [2.75, 3.05) is 24.2 Å². The summed E-state index contributed by atoms with van der Waals surface area (Å²) in [4.78, 5) is 62.4. The van der Waals surface area contributed by atoms with Gasteiger partial charge in [-0.15, -0.1) is 0 Å². The summed E-state index contributed by atoms with van der Waals surface area (Å²) in [5, 5.41) is 26.3. The molecule has 0 saturated heterocycles. The molecule has 0 spiro atoms. The maximum Gasteiger partial charge on any atom is 0.366 e. The number of aromatic nitrogens is 2. The average Bonchev–Trinajstić information content (AvgIpc) is 3.98. The molecule has 1 unspecified atom stereocenters. The molecule has 0 saturated carbocycles. The van der Waals surface area contributed by atoms with Crippen molar-refractivity contribution in [2.24, 2.45) is 0 Å². The van der Waals surface area contributed by atoms with Crippen LogP contribution >= 0.6 is 0 Å². The van der Waals surface area contributed by atoms with Crippen LogP contribution in [0.15, 0.2) is 91.4 Å². The van der Waals surface area contributed by atoms with Gasteiger partial charge in [0.25, 0.3) is 11.8 Å². The largest absolute Gasteiger partial charge is 0.454 e. The molecule has 66 heavy (non-hydrogen) atoms. The van der Waals surface area contributed by atoms with Gasteiger partial charge in [-0.1, -0.05) is 87.5 Å². The molecular formula is C50H50N4O12. The molecule has 6 aromatic rings. The van der Waals surface area contributed by atoms with E-state index in [1.807, 2.05) is 58.0 Å². The molecule has 2 aromatic heterocycles. The van der Waals surface area contributed by atoms with Gasteiger partial charge < -0.3 is 43.7 Å². The molecular weight excluding hydrogens is 849 g/mol. The van der Waals surface area contributed by atoms with E-state index in [-0.39, 0.29) is 26.4 Å². The van der Waals surface area contributed by atoms with E-state index in [0.29, 0.717) is 73.7 Å². The van der Waals surface area contributed by atoms with Gasteiger partial charge in [0.05, 0.1) is 22.2 Å². The molecule has 0 radical (unpaired) electrons. The summed E-state index contributed by atoms with van der Waals surface area (Å²) in [7, 11) is 0. The van der Waals surface area contributed by atoms with Crippen LogP contribution in [-0.2, 0) is 25.2 Å².